The van der Waals surface area contributed by atoms with Crippen molar-refractivity contribution in [3.8, 4) is 0 Å². The van der Waals surface area contributed by atoms with Gasteiger partial charge in [0.05, 0.1) is 19.8 Å². The average molecular weight is 186 g/mol. The molecule has 1 unspecified atom stereocenters. The second kappa shape index (κ2) is 4.39. The van der Waals surface area contributed by atoms with Crippen LogP contribution in [0.1, 0.15) is 13.3 Å². The third-order valence-electron chi connectivity index (χ3n) is 1.97. The molecule has 0 aliphatic carbocycles. The fourth-order valence-corrected chi connectivity index (χ4v) is 1.19. The first kappa shape index (κ1) is 10.2. The Kier molecular flexibility index (Phi) is 3.45. The van der Waals surface area contributed by atoms with Gasteiger partial charge >= 0.3 is 5.97 Å². The van der Waals surface area contributed by atoms with E-state index in [2.05, 4.69) is 0 Å². The molecule has 1 aliphatic rings. The predicted octanol–water partition coefficient (Wildman–Crippen LogP) is 0.257. The van der Waals surface area contributed by atoms with Gasteiger partial charge in [-0.15, -0.1) is 0 Å². The molecule has 0 aromatic rings. The van der Waals surface area contributed by atoms with E-state index < -0.39 is 11.6 Å². The van der Waals surface area contributed by atoms with Crippen molar-refractivity contribution in [2.75, 3.05) is 19.8 Å². The highest BCUT2D eigenvalue weighted by atomic mass is 16.6. The molecule has 1 heterocycles. The molecule has 74 valence electrons. The highest BCUT2D eigenvalue weighted by Gasteiger charge is 2.40. The standard InChI is InChI=1S/C9H14O4/c1-2-12-8(11)9(7-10)5-3-4-6-13-9/h3-4,10H,2,5-7H2,1H3. The fourth-order valence-electron chi connectivity index (χ4n) is 1.19. The number of aliphatic hydroxyl groups is 1. The average Bonchev–Trinajstić information content (AvgIpc) is 2.19. The Morgan fingerprint density at radius 2 is 2.46 bits per heavy atom. The van der Waals surface area contributed by atoms with Crippen LogP contribution < -0.4 is 0 Å². The minimum absolute atomic E-state index is 0.299. The molecule has 1 aliphatic heterocycles. The number of carbonyl (C=O) groups is 1. The van der Waals surface area contributed by atoms with Gasteiger partial charge in [-0.2, -0.15) is 0 Å². The zero-order chi connectivity index (χ0) is 9.73. The molecule has 0 saturated carbocycles. The van der Waals surface area contributed by atoms with Crippen LogP contribution in [-0.4, -0.2) is 36.5 Å². The zero-order valence-corrected chi connectivity index (χ0v) is 7.66. The van der Waals surface area contributed by atoms with E-state index in [1.807, 2.05) is 12.2 Å². The van der Waals surface area contributed by atoms with Crippen LogP contribution in [0.4, 0.5) is 0 Å². The summed E-state index contributed by atoms with van der Waals surface area (Å²) in [5.41, 5.74) is -1.16. The van der Waals surface area contributed by atoms with Crippen LogP contribution in [0.5, 0.6) is 0 Å². The van der Waals surface area contributed by atoms with Crippen LogP contribution >= 0.6 is 0 Å². The number of ether oxygens (including phenoxy) is 2. The minimum Gasteiger partial charge on any atom is -0.464 e. The molecular formula is C9H14O4. The highest BCUT2D eigenvalue weighted by molar-refractivity contribution is 5.80. The van der Waals surface area contributed by atoms with Gasteiger partial charge in [0.25, 0.3) is 0 Å². The monoisotopic (exact) mass is 186 g/mol. The van der Waals surface area contributed by atoms with Crippen molar-refractivity contribution >= 4 is 5.97 Å². The minimum atomic E-state index is -1.16. The summed E-state index contributed by atoms with van der Waals surface area (Å²) in [6, 6.07) is 0. The van der Waals surface area contributed by atoms with Gasteiger partial charge in [-0.1, -0.05) is 12.2 Å². The van der Waals surface area contributed by atoms with Crippen molar-refractivity contribution in [1.82, 2.24) is 0 Å². The van der Waals surface area contributed by atoms with Gasteiger partial charge in [0.15, 0.2) is 5.60 Å². The van der Waals surface area contributed by atoms with Gasteiger partial charge in [0, 0.05) is 6.42 Å². The molecule has 0 aromatic carbocycles. The largest absolute Gasteiger partial charge is 0.464 e. The van der Waals surface area contributed by atoms with Crippen molar-refractivity contribution in [3.05, 3.63) is 12.2 Å². The number of carbonyl (C=O) groups excluding carboxylic acids is 1. The van der Waals surface area contributed by atoms with Gasteiger partial charge in [-0.25, -0.2) is 4.79 Å². The molecule has 1 atom stereocenters. The van der Waals surface area contributed by atoms with E-state index in [1.165, 1.54) is 0 Å². The maximum absolute atomic E-state index is 11.4. The smallest absolute Gasteiger partial charge is 0.341 e. The summed E-state index contributed by atoms with van der Waals surface area (Å²) in [7, 11) is 0. The Bertz CT molecular complexity index is 212. The summed E-state index contributed by atoms with van der Waals surface area (Å²) in [5.74, 6) is -0.484. The lowest BCUT2D eigenvalue weighted by Crippen LogP contribution is -2.47. The number of aliphatic hydroxyl groups excluding tert-OH is 1. The third-order valence-corrected chi connectivity index (χ3v) is 1.97. The molecule has 1 rings (SSSR count). The first-order chi connectivity index (χ1) is 6.25. The molecule has 4 heteroatoms. The maximum atomic E-state index is 11.4. The predicted molar refractivity (Wildman–Crippen MR) is 46.2 cm³/mol. The van der Waals surface area contributed by atoms with Gasteiger partial charge < -0.3 is 14.6 Å². The Morgan fingerprint density at radius 3 is 2.92 bits per heavy atom. The Balaban J connectivity index is 2.68. The van der Waals surface area contributed by atoms with E-state index in [-0.39, 0.29) is 6.61 Å². The van der Waals surface area contributed by atoms with Crippen LogP contribution in [0.25, 0.3) is 0 Å². The van der Waals surface area contributed by atoms with Crippen molar-refractivity contribution in [2.45, 2.75) is 18.9 Å². The third kappa shape index (κ3) is 2.08. The molecule has 1 N–H and O–H groups in total. The SMILES string of the molecule is CCOC(=O)C1(CO)CC=CCO1. The van der Waals surface area contributed by atoms with Crippen LogP contribution in [0.2, 0.25) is 0 Å². The van der Waals surface area contributed by atoms with Gasteiger partial charge in [0.2, 0.25) is 0 Å². The van der Waals surface area contributed by atoms with Crippen molar-refractivity contribution in [1.29, 1.82) is 0 Å². The van der Waals surface area contributed by atoms with E-state index in [1.54, 1.807) is 6.92 Å². The molecule has 0 radical (unpaired) electrons. The molecule has 13 heavy (non-hydrogen) atoms. The molecule has 0 fully saturated rings. The lowest BCUT2D eigenvalue weighted by Gasteiger charge is -2.30. The van der Waals surface area contributed by atoms with E-state index in [0.717, 1.165) is 0 Å². The summed E-state index contributed by atoms with van der Waals surface area (Å²) in [6.45, 7) is 2.03. The summed E-state index contributed by atoms with van der Waals surface area (Å²) in [4.78, 5) is 11.4. The van der Waals surface area contributed by atoms with Gasteiger partial charge in [-0.3, -0.25) is 0 Å². The second-order valence-corrected chi connectivity index (χ2v) is 2.86. The van der Waals surface area contributed by atoms with Crippen LogP contribution in [0.15, 0.2) is 12.2 Å². The molecule has 0 amide bonds. The first-order valence-electron chi connectivity index (χ1n) is 4.32. The Morgan fingerprint density at radius 1 is 1.69 bits per heavy atom. The Hall–Kier alpha value is -0.870. The Labute approximate surface area is 77.1 Å². The number of hydrogen-bond acceptors (Lipinski definition) is 4. The van der Waals surface area contributed by atoms with Crippen molar-refractivity contribution in [2.24, 2.45) is 0 Å². The number of rotatable bonds is 3. The van der Waals surface area contributed by atoms with E-state index >= 15 is 0 Å². The van der Waals surface area contributed by atoms with Crippen LogP contribution in [-0.2, 0) is 14.3 Å². The van der Waals surface area contributed by atoms with Gasteiger partial charge in [-0.05, 0) is 6.92 Å². The molecule has 0 bridgehead atoms. The van der Waals surface area contributed by atoms with Gasteiger partial charge in [0.1, 0.15) is 0 Å². The number of hydrogen-bond donors (Lipinski definition) is 1. The summed E-state index contributed by atoms with van der Waals surface area (Å²) < 4.78 is 10.0. The summed E-state index contributed by atoms with van der Waals surface area (Å²) in [6.07, 6.45) is 4.01. The zero-order valence-electron chi connectivity index (χ0n) is 7.66. The summed E-state index contributed by atoms with van der Waals surface area (Å²) >= 11 is 0. The molecule has 0 saturated heterocycles. The van der Waals surface area contributed by atoms with E-state index in [9.17, 15) is 4.79 Å². The molecular weight excluding hydrogens is 172 g/mol. The summed E-state index contributed by atoms with van der Waals surface area (Å²) in [5, 5.41) is 9.08. The van der Waals surface area contributed by atoms with Crippen molar-refractivity contribution in [3.63, 3.8) is 0 Å². The van der Waals surface area contributed by atoms with Crippen LogP contribution in [0.3, 0.4) is 0 Å². The van der Waals surface area contributed by atoms with E-state index in [0.29, 0.717) is 19.6 Å². The fraction of sp³-hybridized carbons (Fsp3) is 0.667. The van der Waals surface area contributed by atoms with E-state index in [4.69, 9.17) is 14.6 Å². The topological polar surface area (TPSA) is 55.8 Å². The second-order valence-electron chi connectivity index (χ2n) is 2.86. The highest BCUT2D eigenvalue weighted by Crippen LogP contribution is 2.21. The van der Waals surface area contributed by atoms with Crippen molar-refractivity contribution < 1.29 is 19.4 Å². The number of esters is 1. The normalized spacial score (nSPS) is 27.2. The lowest BCUT2D eigenvalue weighted by atomic mass is 9.99. The lowest BCUT2D eigenvalue weighted by molar-refractivity contribution is -0.177. The first-order valence-corrected chi connectivity index (χ1v) is 4.32. The molecule has 0 aromatic heterocycles. The maximum Gasteiger partial charge on any atom is 0.341 e. The quantitative estimate of drug-likeness (QED) is 0.507. The molecule has 0 spiro atoms. The van der Waals surface area contributed by atoms with Crippen LogP contribution in [0, 0.1) is 0 Å². The molecule has 4 nitrogen and oxygen atoms in total.